The normalized spacial score (nSPS) is 12.4. The van der Waals surface area contributed by atoms with Crippen molar-refractivity contribution in [2.24, 2.45) is 14.1 Å². The minimum Gasteiger partial charge on any atom is -0.303 e. The zero-order valence-corrected chi connectivity index (χ0v) is 39.1. The number of pyridine rings is 2. The molecule has 0 saturated heterocycles. The SMILES string of the molecule is Cc1c(-c2cccc(C(C)(C)c3cccc(-c4c(C)c5ccccc5n4-c4c(C(C)C)cccc4C(C)C)[n+]3C)[n+]2C)n(-c2c(C(C)C)cccc2C(C)C)c2ccccc12. The van der Waals surface area contributed by atoms with Gasteiger partial charge in [-0.2, -0.15) is 9.13 Å². The average Bonchev–Trinajstić information content (AvgIpc) is 3.69. The molecule has 0 N–H and O–H groups in total. The Balaban J connectivity index is 1.37. The Hall–Kier alpha value is -5.74. The number of aryl methyl sites for hydroxylation is 2. The Morgan fingerprint density at radius 1 is 0.410 bits per heavy atom. The fraction of sp³-hybridized carbons (Fsp3) is 0.333. The van der Waals surface area contributed by atoms with E-state index in [1.165, 1.54) is 101 Å². The van der Waals surface area contributed by atoms with Gasteiger partial charge in [0.2, 0.25) is 11.4 Å². The zero-order valence-electron chi connectivity index (χ0n) is 39.1. The van der Waals surface area contributed by atoms with Gasteiger partial charge in [-0.3, -0.25) is 0 Å². The molecule has 0 radical (unpaired) electrons. The quantitative estimate of drug-likeness (QED) is 0.123. The lowest BCUT2D eigenvalue weighted by atomic mass is 9.83. The molecule has 0 amide bonds. The summed E-state index contributed by atoms with van der Waals surface area (Å²) in [6.45, 7) is 28.0. The van der Waals surface area contributed by atoms with Gasteiger partial charge >= 0.3 is 0 Å². The summed E-state index contributed by atoms with van der Waals surface area (Å²) in [6, 6.07) is 45.6. The summed E-state index contributed by atoms with van der Waals surface area (Å²) in [5, 5.41) is 2.58. The summed E-state index contributed by atoms with van der Waals surface area (Å²) in [5.41, 5.74) is 20.3. The second kappa shape index (κ2) is 15.9. The van der Waals surface area contributed by atoms with Gasteiger partial charge in [0.1, 0.15) is 30.9 Å². The minimum atomic E-state index is -0.372. The van der Waals surface area contributed by atoms with Crippen LogP contribution < -0.4 is 9.13 Å². The number of hydrogen-bond acceptors (Lipinski definition) is 0. The van der Waals surface area contributed by atoms with E-state index in [9.17, 15) is 0 Å². The van der Waals surface area contributed by atoms with Crippen molar-refractivity contribution in [2.45, 2.75) is 112 Å². The number of aromatic nitrogens is 4. The highest BCUT2D eigenvalue weighted by Crippen LogP contribution is 2.43. The van der Waals surface area contributed by atoms with Crippen LogP contribution in [0.5, 0.6) is 0 Å². The van der Waals surface area contributed by atoms with Gasteiger partial charge < -0.3 is 9.13 Å². The Labute approximate surface area is 365 Å². The van der Waals surface area contributed by atoms with Crippen molar-refractivity contribution in [2.75, 3.05) is 0 Å². The number of fused-ring (bicyclic) bond motifs is 2. The number of para-hydroxylation sites is 4. The third kappa shape index (κ3) is 6.74. The molecule has 4 aromatic carbocycles. The molecular formula is C57H66N4+2. The molecule has 0 fully saturated rings. The summed E-state index contributed by atoms with van der Waals surface area (Å²) in [5.74, 6) is 1.47. The Kier molecular flexibility index (Phi) is 11.0. The zero-order chi connectivity index (χ0) is 43.7. The van der Waals surface area contributed by atoms with Crippen LogP contribution >= 0.6 is 0 Å². The van der Waals surface area contributed by atoms with Crippen molar-refractivity contribution in [1.29, 1.82) is 0 Å². The molecule has 8 rings (SSSR count). The van der Waals surface area contributed by atoms with Crippen molar-refractivity contribution in [3.05, 3.63) is 166 Å². The second-order valence-electron chi connectivity index (χ2n) is 19.2. The van der Waals surface area contributed by atoms with Crippen LogP contribution in [0.3, 0.4) is 0 Å². The minimum absolute atomic E-state index is 0.368. The van der Waals surface area contributed by atoms with Gasteiger partial charge in [-0.25, -0.2) is 0 Å². The van der Waals surface area contributed by atoms with Crippen LogP contribution in [-0.4, -0.2) is 9.13 Å². The van der Waals surface area contributed by atoms with Crippen LogP contribution in [0.4, 0.5) is 0 Å². The third-order valence-electron chi connectivity index (χ3n) is 13.6. The maximum atomic E-state index is 2.59. The molecule has 0 aliphatic rings. The van der Waals surface area contributed by atoms with E-state index in [2.05, 4.69) is 237 Å². The monoisotopic (exact) mass is 807 g/mol. The van der Waals surface area contributed by atoms with E-state index in [1.54, 1.807) is 0 Å². The van der Waals surface area contributed by atoms with E-state index in [4.69, 9.17) is 0 Å². The van der Waals surface area contributed by atoms with Crippen LogP contribution in [0.25, 0.3) is 56.0 Å². The molecule has 61 heavy (non-hydrogen) atoms. The highest BCUT2D eigenvalue weighted by atomic mass is 15.1. The first-order valence-electron chi connectivity index (χ1n) is 22.5. The molecule has 312 valence electrons. The maximum absolute atomic E-state index is 2.59. The first-order chi connectivity index (χ1) is 29.1. The fourth-order valence-corrected chi connectivity index (χ4v) is 10.5. The van der Waals surface area contributed by atoms with E-state index >= 15 is 0 Å². The van der Waals surface area contributed by atoms with Crippen LogP contribution in [-0.2, 0) is 19.5 Å². The maximum Gasteiger partial charge on any atom is 0.229 e. The van der Waals surface area contributed by atoms with Gasteiger partial charge in [-0.05, 0) is 109 Å². The van der Waals surface area contributed by atoms with Crippen LogP contribution in [0.1, 0.15) is 138 Å². The molecule has 4 heterocycles. The van der Waals surface area contributed by atoms with E-state index in [0.717, 1.165) is 0 Å². The third-order valence-corrected chi connectivity index (χ3v) is 13.6. The highest BCUT2D eigenvalue weighted by Gasteiger charge is 2.41. The highest BCUT2D eigenvalue weighted by molar-refractivity contribution is 5.94. The van der Waals surface area contributed by atoms with Crippen LogP contribution in [0.15, 0.2) is 121 Å². The van der Waals surface area contributed by atoms with Gasteiger partial charge in [0, 0.05) is 35.0 Å². The molecule has 0 saturated carbocycles. The van der Waals surface area contributed by atoms with E-state index in [-0.39, 0.29) is 5.41 Å². The lowest BCUT2D eigenvalue weighted by Crippen LogP contribution is -2.49. The summed E-state index contributed by atoms with van der Waals surface area (Å²) >= 11 is 0. The first-order valence-corrected chi connectivity index (χ1v) is 22.5. The standard InChI is InChI=1S/C57H66N4/c1-35(2)41-25-19-26-42(36(3)4)55(41)60-47-29-17-15-23-45(47)39(9)53(60)49-31-21-33-51(58(49)13)57(11,12)52-34-22-32-50(59(52)14)54-40(10)46-24-16-18-30-48(46)61(54)56-43(37(5)6)27-20-28-44(56)38(7)8/h15-38H,1-14H3/q+2. The predicted octanol–water partition coefficient (Wildman–Crippen LogP) is 14.0. The Bertz CT molecular complexity index is 2690. The van der Waals surface area contributed by atoms with Gasteiger partial charge in [-0.1, -0.05) is 128 Å². The van der Waals surface area contributed by atoms with E-state index in [0.29, 0.717) is 23.7 Å². The molecule has 0 aliphatic heterocycles. The number of rotatable bonds is 10. The Morgan fingerprint density at radius 2 is 0.721 bits per heavy atom. The Morgan fingerprint density at radius 3 is 1.05 bits per heavy atom. The number of benzene rings is 4. The van der Waals surface area contributed by atoms with Gasteiger partial charge in [-0.15, -0.1) is 0 Å². The van der Waals surface area contributed by atoms with Crippen molar-refractivity contribution < 1.29 is 9.13 Å². The summed E-state index contributed by atoms with van der Waals surface area (Å²) in [4.78, 5) is 0. The van der Waals surface area contributed by atoms with Crippen molar-refractivity contribution in [3.63, 3.8) is 0 Å². The van der Waals surface area contributed by atoms with E-state index in [1.807, 2.05) is 0 Å². The molecule has 4 heteroatoms. The van der Waals surface area contributed by atoms with Crippen LogP contribution in [0.2, 0.25) is 0 Å². The topological polar surface area (TPSA) is 17.6 Å². The summed E-state index contributed by atoms with van der Waals surface area (Å²) < 4.78 is 10.1. The number of nitrogens with zero attached hydrogens (tertiary/aromatic N) is 4. The van der Waals surface area contributed by atoms with Crippen molar-refractivity contribution in [3.8, 4) is 34.2 Å². The fourth-order valence-electron chi connectivity index (χ4n) is 10.5. The molecule has 8 aromatic rings. The first kappa shape index (κ1) is 42.0. The summed E-state index contributed by atoms with van der Waals surface area (Å²) in [7, 11) is 4.54. The van der Waals surface area contributed by atoms with Gasteiger partial charge in [0.15, 0.2) is 11.4 Å². The van der Waals surface area contributed by atoms with Crippen molar-refractivity contribution >= 4 is 21.8 Å². The lowest BCUT2D eigenvalue weighted by Gasteiger charge is -2.25. The number of hydrogen-bond donors (Lipinski definition) is 0. The van der Waals surface area contributed by atoms with Crippen LogP contribution in [0, 0.1) is 13.8 Å². The van der Waals surface area contributed by atoms with Crippen molar-refractivity contribution in [1.82, 2.24) is 9.13 Å². The second-order valence-corrected chi connectivity index (χ2v) is 19.2. The molecule has 0 spiro atoms. The lowest BCUT2D eigenvalue weighted by molar-refractivity contribution is -0.687. The predicted molar refractivity (Wildman–Crippen MR) is 258 cm³/mol. The molecule has 0 unspecified atom stereocenters. The average molecular weight is 807 g/mol. The summed E-state index contributed by atoms with van der Waals surface area (Å²) in [6.07, 6.45) is 0. The molecule has 0 bridgehead atoms. The smallest absolute Gasteiger partial charge is 0.229 e. The molecule has 4 nitrogen and oxygen atoms in total. The van der Waals surface area contributed by atoms with E-state index < -0.39 is 0 Å². The molecule has 0 aliphatic carbocycles. The molecular weight excluding hydrogens is 741 g/mol. The molecule has 4 aromatic heterocycles. The molecule has 0 atom stereocenters. The van der Waals surface area contributed by atoms with Gasteiger partial charge in [0.25, 0.3) is 0 Å². The largest absolute Gasteiger partial charge is 0.303 e. The van der Waals surface area contributed by atoms with Gasteiger partial charge in [0.05, 0.1) is 22.4 Å².